The molecule has 300 valence electrons. The second-order valence-corrected chi connectivity index (χ2v) is 14.2. The summed E-state index contributed by atoms with van der Waals surface area (Å²) >= 11 is 0. The van der Waals surface area contributed by atoms with Crippen LogP contribution in [0.5, 0.6) is 0 Å². The zero-order valence-electron chi connectivity index (χ0n) is 33.3. The van der Waals surface area contributed by atoms with Crippen molar-refractivity contribution in [2.24, 2.45) is 0 Å². The van der Waals surface area contributed by atoms with Gasteiger partial charge in [-0.2, -0.15) is 59.4 Å². The maximum absolute atomic E-state index is 4.93. The molecule has 8 rings (SSSR count). The van der Waals surface area contributed by atoms with Gasteiger partial charge in [-0.1, -0.05) is 148 Å². The zero-order valence-corrected chi connectivity index (χ0v) is 35.8. The quantitative estimate of drug-likeness (QED) is 0.115. The maximum Gasteiger partial charge on any atom is 0.0488 e. The van der Waals surface area contributed by atoms with E-state index in [4.69, 9.17) is 21.3 Å². The summed E-state index contributed by atoms with van der Waals surface area (Å²) in [6.07, 6.45) is 19.7. The van der Waals surface area contributed by atoms with Crippen LogP contribution < -0.4 is 0 Å². The van der Waals surface area contributed by atoms with Crippen molar-refractivity contribution >= 4 is 0 Å². The summed E-state index contributed by atoms with van der Waals surface area (Å²) in [6, 6.07) is 45.1. The van der Waals surface area contributed by atoms with Gasteiger partial charge in [0, 0.05) is 51.0 Å². The first-order valence-electron chi connectivity index (χ1n) is 20.2. The van der Waals surface area contributed by atoms with Crippen LogP contribution in [-0.2, 0) is 39.3 Å². The van der Waals surface area contributed by atoms with Crippen molar-refractivity contribution in [3.05, 3.63) is 216 Å². The van der Waals surface area contributed by atoms with Crippen LogP contribution in [0.1, 0.15) is 99.0 Å². The Morgan fingerprint density at radius 3 is 1.09 bits per heavy atom. The molecule has 4 aromatic carbocycles. The number of hydrogen-bond acceptors (Lipinski definition) is 2. The third kappa shape index (κ3) is 18.3. The minimum atomic E-state index is -0.191. The van der Waals surface area contributed by atoms with E-state index in [9.17, 15) is 0 Å². The molecule has 8 nitrogen and oxygen atoms in total. The van der Waals surface area contributed by atoms with E-state index in [-0.39, 0.29) is 38.8 Å². The summed E-state index contributed by atoms with van der Waals surface area (Å²) in [5.41, 5.74) is 4.58. The number of hydrogen-bond donors (Lipinski definition) is 0. The molecule has 2 fully saturated rings. The molecule has 2 aliphatic rings. The Bertz CT molecular complexity index is 1640. The van der Waals surface area contributed by atoms with E-state index >= 15 is 0 Å². The molecule has 9 heteroatoms. The molecule has 0 saturated heterocycles. The van der Waals surface area contributed by atoms with Crippen molar-refractivity contribution in [2.75, 3.05) is 0 Å². The molecule has 0 spiro atoms. The minimum absolute atomic E-state index is 0. The van der Waals surface area contributed by atoms with Crippen LogP contribution in [0.4, 0.5) is 0 Å². The number of benzene rings is 4. The first kappa shape index (κ1) is 45.5. The van der Waals surface area contributed by atoms with Gasteiger partial charge in [0.05, 0.1) is 0 Å². The molecule has 2 heterocycles. The molecule has 2 saturated carbocycles. The minimum Gasteiger partial charge on any atom is -0.656 e. The summed E-state index contributed by atoms with van der Waals surface area (Å²) in [5.74, 6) is 0. The molecule has 0 bridgehead atoms. The van der Waals surface area contributed by atoms with Crippen LogP contribution in [0.15, 0.2) is 158 Å². The van der Waals surface area contributed by atoms with Crippen LogP contribution in [0, 0.1) is 13.8 Å². The third-order valence-corrected chi connectivity index (χ3v) is 9.61. The smallest absolute Gasteiger partial charge is 0.0488 e. The fraction of sp³-hybridized carbons (Fsp3) is 0.333. The van der Waals surface area contributed by atoms with Crippen LogP contribution in [-0.4, -0.2) is 31.6 Å². The summed E-state index contributed by atoms with van der Waals surface area (Å²) < 4.78 is 3.72. The Balaban J connectivity index is 0.000000187. The predicted molar refractivity (Wildman–Crippen MR) is 232 cm³/mol. The van der Waals surface area contributed by atoms with Crippen molar-refractivity contribution in [3.8, 4) is 0 Å². The van der Waals surface area contributed by atoms with Crippen LogP contribution in [0.3, 0.4) is 0 Å². The average molecular weight is 838 g/mol. The van der Waals surface area contributed by atoms with E-state index in [1.807, 2.05) is 131 Å². The SMILES string of the molecule is [CH2-]c1ccccc1.[CH2-]c1ccccc1.[Zr].c1ccc(C[N-]C([N-]C2CCCCC2)n2cccn2)cc1.c1ccc(C[N-]C([N-]C2CCCCC2)n2cccn2)cc1. The van der Waals surface area contributed by atoms with Gasteiger partial charge in [0.1, 0.15) is 0 Å². The monoisotopic (exact) mass is 836 g/mol. The van der Waals surface area contributed by atoms with Crippen LogP contribution in [0.2, 0.25) is 0 Å². The van der Waals surface area contributed by atoms with Gasteiger partial charge < -0.3 is 30.6 Å². The summed E-state index contributed by atoms with van der Waals surface area (Å²) in [4.78, 5) is 0. The first-order chi connectivity index (χ1) is 27.6. The molecule has 57 heavy (non-hydrogen) atoms. The van der Waals surface area contributed by atoms with E-state index in [1.165, 1.54) is 75.3 Å². The van der Waals surface area contributed by atoms with Gasteiger partial charge >= 0.3 is 0 Å². The Labute approximate surface area is 361 Å². The maximum atomic E-state index is 4.93. The van der Waals surface area contributed by atoms with Crippen molar-refractivity contribution in [1.29, 1.82) is 0 Å². The standard InChI is InChI=1S/2C17H22N4.2C7H7.Zr/c2*1-3-8-15(9-4-1)14-18-17(21-13-7-12-19-21)20-16-10-5-2-6-11-16;2*1-7-5-3-2-4-6-7;/h2*1,3-4,7-9,12-13,16-17H,2,5-6,10-11,14H2;2*2-6H,1H2;/q2*-2;2*-1;. The van der Waals surface area contributed by atoms with Crippen molar-refractivity contribution in [2.45, 2.75) is 102 Å². The van der Waals surface area contributed by atoms with Gasteiger partial charge in [-0.3, -0.25) is 0 Å². The van der Waals surface area contributed by atoms with E-state index in [0.717, 1.165) is 11.1 Å². The van der Waals surface area contributed by atoms with E-state index in [2.05, 4.69) is 48.3 Å². The zero-order chi connectivity index (χ0) is 38.9. The molecule has 2 aliphatic carbocycles. The van der Waals surface area contributed by atoms with Gasteiger partial charge in [0.15, 0.2) is 0 Å². The number of aromatic nitrogens is 4. The average Bonchev–Trinajstić information content (AvgIpc) is 4.01. The molecular formula is C48H58N8Zr-6. The molecule has 0 N–H and O–H groups in total. The van der Waals surface area contributed by atoms with Crippen molar-refractivity contribution in [1.82, 2.24) is 19.6 Å². The third-order valence-electron chi connectivity index (χ3n) is 9.61. The fourth-order valence-corrected chi connectivity index (χ4v) is 6.57. The van der Waals surface area contributed by atoms with E-state index in [0.29, 0.717) is 25.2 Å². The second-order valence-electron chi connectivity index (χ2n) is 14.2. The van der Waals surface area contributed by atoms with Crippen LogP contribution >= 0.6 is 0 Å². The second kappa shape index (κ2) is 27.4. The molecule has 0 amide bonds. The Morgan fingerprint density at radius 2 is 0.807 bits per heavy atom. The Kier molecular flexibility index (Phi) is 21.9. The van der Waals surface area contributed by atoms with Gasteiger partial charge in [-0.05, 0) is 12.1 Å². The summed E-state index contributed by atoms with van der Waals surface area (Å²) in [6.45, 7) is 8.81. The number of nitrogens with zero attached hydrogens (tertiary/aromatic N) is 8. The first-order valence-corrected chi connectivity index (χ1v) is 20.2. The van der Waals surface area contributed by atoms with Gasteiger partial charge in [0.25, 0.3) is 0 Å². The van der Waals surface area contributed by atoms with E-state index < -0.39 is 0 Å². The summed E-state index contributed by atoms with van der Waals surface area (Å²) in [5, 5.41) is 28.0. The molecule has 0 radical (unpaired) electrons. The Morgan fingerprint density at radius 1 is 0.474 bits per heavy atom. The van der Waals surface area contributed by atoms with Gasteiger partial charge in [-0.25, -0.2) is 0 Å². The fourth-order valence-electron chi connectivity index (χ4n) is 6.57. The molecule has 2 unspecified atom stereocenters. The Hall–Kier alpha value is -4.24. The molecule has 2 atom stereocenters. The van der Waals surface area contributed by atoms with Crippen LogP contribution in [0.25, 0.3) is 21.3 Å². The van der Waals surface area contributed by atoms with Crippen molar-refractivity contribution < 1.29 is 26.2 Å². The normalized spacial score (nSPS) is 15.2. The van der Waals surface area contributed by atoms with Gasteiger partial charge in [-0.15, -0.1) is 62.0 Å². The van der Waals surface area contributed by atoms with E-state index in [1.54, 1.807) is 12.4 Å². The molecular weight excluding hydrogens is 780 g/mol. The van der Waals surface area contributed by atoms with Gasteiger partial charge in [0.2, 0.25) is 0 Å². The largest absolute Gasteiger partial charge is 0.656 e. The van der Waals surface area contributed by atoms with Crippen molar-refractivity contribution in [3.63, 3.8) is 0 Å². The topological polar surface area (TPSA) is 92.0 Å². The molecule has 2 aromatic heterocycles. The molecule has 6 aromatic rings. The predicted octanol–water partition coefficient (Wildman–Crippen LogP) is 13.0. The summed E-state index contributed by atoms with van der Waals surface area (Å²) in [7, 11) is 0. The number of rotatable bonds is 12. The molecule has 0 aliphatic heterocycles.